The third-order valence-corrected chi connectivity index (χ3v) is 1.57. The maximum absolute atomic E-state index is 10.2. The lowest BCUT2D eigenvalue weighted by molar-refractivity contribution is -0.146. The summed E-state index contributed by atoms with van der Waals surface area (Å²) in [6.45, 7) is 4.93. The molecule has 0 amide bonds. The molecule has 1 N–H and O–H groups in total. The van der Waals surface area contributed by atoms with E-state index in [1.807, 2.05) is 25.8 Å². The van der Waals surface area contributed by atoms with Crippen molar-refractivity contribution in [1.29, 1.82) is 0 Å². The van der Waals surface area contributed by atoms with E-state index in [2.05, 4.69) is 0 Å². The number of aliphatic carboxylic acids is 1. The van der Waals surface area contributed by atoms with Gasteiger partial charge in [0.1, 0.15) is 6.04 Å². The number of carbonyl (C=O) groups is 1. The number of hydrogen-bond donors (Lipinski definition) is 1. The molecule has 0 radical (unpaired) electrons. The fourth-order valence-corrected chi connectivity index (χ4v) is 0.828. The molecule has 3 nitrogen and oxygen atoms in total. The molecule has 1 aliphatic heterocycles. The summed E-state index contributed by atoms with van der Waals surface area (Å²) in [6.07, 6.45) is 0.811. The summed E-state index contributed by atoms with van der Waals surface area (Å²) in [5.41, 5.74) is 0. The van der Waals surface area contributed by atoms with Crippen molar-refractivity contribution in [3.63, 3.8) is 0 Å². The van der Waals surface area contributed by atoms with E-state index in [0.29, 0.717) is 0 Å². The first kappa shape index (κ1) is 9.43. The Kier molecular flexibility index (Phi) is 4.03. The number of nitrogens with zero attached hydrogens (tertiary/aromatic N) is 1. The van der Waals surface area contributed by atoms with Crippen molar-refractivity contribution in [3.05, 3.63) is 0 Å². The van der Waals surface area contributed by atoms with Crippen LogP contribution in [-0.4, -0.2) is 35.6 Å². The van der Waals surface area contributed by atoms with Crippen LogP contribution in [-0.2, 0) is 4.79 Å². The van der Waals surface area contributed by atoms with E-state index in [0.717, 1.165) is 13.0 Å². The smallest absolute Gasteiger partial charge is 0.320 e. The van der Waals surface area contributed by atoms with Gasteiger partial charge in [-0.05, 0) is 13.5 Å². The lowest BCUT2D eigenvalue weighted by Gasteiger charge is -2.33. The Labute approximate surface area is 61.6 Å². The highest BCUT2D eigenvalue weighted by atomic mass is 16.4. The van der Waals surface area contributed by atoms with Gasteiger partial charge < -0.3 is 5.11 Å². The quantitative estimate of drug-likeness (QED) is 0.593. The largest absolute Gasteiger partial charge is 0.480 e. The minimum absolute atomic E-state index is 0.199. The molecule has 0 aliphatic carbocycles. The molecule has 1 heterocycles. The average molecular weight is 145 g/mol. The Balaban J connectivity index is 0.000000371. The van der Waals surface area contributed by atoms with Crippen molar-refractivity contribution in [2.45, 2.75) is 26.3 Å². The number of hydrogen-bond acceptors (Lipinski definition) is 2. The fraction of sp³-hybridized carbons (Fsp3) is 0.857. The van der Waals surface area contributed by atoms with Gasteiger partial charge in [0.05, 0.1) is 0 Å². The molecule has 1 saturated heterocycles. The molecule has 1 aliphatic rings. The first-order valence-electron chi connectivity index (χ1n) is 3.65. The highest BCUT2D eigenvalue weighted by Gasteiger charge is 2.30. The van der Waals surface area contributed by atoms with Gasteiger partial charge in [0.15, 0.2) is 0 Å². The predicted molar refractivity (Wildman–Crippen MR) is 40.0 cm³/mol. The van der Waals surface area contributed by atoms with Gasteiger partial charge in [0, 0.05) is 6.54 Å². The number of likely N-dealkylation sites (N-methyl/N-ethyl adjacent to an activating group) is 1. The van der Waals surface area contributed by atoms with Gasteiger partial charge in [0.2, 0.25) is 0 Å². The van der Waals surface area contributed by atoms with Crippen molar-refractivity contribution >= 4 is 5.97 Å². The van der Waals surface area contributed by atoms with E-state index >= 15 is 0 Å². The Morgan fingerprint density at radius 3 is 2.10 bits per heavy atom. The van der Waals surface area contributed by atoms with Crippen LogP contribution >= 0.6 is 0 Å². The second-order valence-electron chi connectivity index (χ2n) is 2.12. The summed E-state index contributed by atoms with van der Waals surface area (Å²) in [6, 6.07) is -0.199. The average Bonchev–Trinajstić information content (AvgIpc) is 1.88. The van der Waals surface area contributed by atoms with Crippen LogP contribution in [0.15, 0.2) is 0 Å². The summed E-state index contributed by atoms with van der Waals surface area (Å²) in [5.74, 6) is -0.696. The van der Waals surface area contributed by atoms with Gasteiger partial charge in [-0.1, -0.05) is 13.8 Å². The first-order valence-corrected chi connectivity index (χ1v) is 3.65. The molecule has 0 aromatic heterocycles. The Bertz CT molecular complexity index is 114. The predicted octanol–water partition coefficient (Wildman–Crippen LogP) is 0.801. The zero-order valence-electron chi connectivity index (χ0n) is 6.79. The molecule has 3 heteroatoms. The van der Waals surface area contributed by atoms with Crippen LogP contribution in [0.4, 0.5) is 0 Å². The van der Waals surface area contributed by atoms with Crippen molar-refractivity contribution in [1.82, 2.24) is 4.90 Å². The Morgan fingerprint density at radius 1 is 1.60 bits per heavy atom. The highest BCUT2D eigenvalue weighted by Crippen LogP contribution is 2.13. The van der Waals surface area contributed by atoms with Crippen molar-refractivity contribution in [3.8, 4) is 0 Å². The van der Waals surface area contributed by atoms with E-state index in [-0.39, 0.29) is 6.04 Å². The molecule has 0 saturated carbocycles. The zero-order valence-corrected chi connectivity index (χ0v) is 6.79. The molecule has 1 rings (SSSR count). The standard InChI is InChI=1S/C5H9NO2.C2H6/c1-6-3-2-4(6)5(7)8;1-2/h4H,2-3H2,1H3,(H,7,8);1-2H3. The van der Waals surface area contributed by atoms with Crippen LogP contribution in [0.2, 0.25) is 0 Å². The molecular weight excluding hydrogens is 130 g/mol. The third kappa shape index (κ3) is 1.99. The first-order chi connectivity index (χ1) is 4.72. The Morgan fingerprint density at radius 2 is 2.10 bits per heavy atom. The number of carboxylic acids is 1. The number of likely N-dealkylation sites (tertiary alicyclic amines) is 1. The zero-order chi connectivity index (χ0) is 8.15. The van der Waals surface area contributed by atoms with E-state index in [9.17, 15) is 4.79 Å². The topological polar surface area (TPSA) is 40.5 Å². The molecule has 60 valence electrons. The van der Waals surface area contributed by atoms with Crippen molar-refractivity contribution < 1.29 is 9.90 Å². The summed E-state index contributed by atoms with van der Waals surface area (Å²) < 4.78 is 0. The van der Waals surface area contributed by atoms with Crippen LogP contribution in [0, 0.1) is 0 Å². The molecular formula is C7H15NO2. The highest BCUT2D eigenvalue weighted by molar-refractivity contribution is 5.74. The normalized spacial score (nSPS) is 24.1. The fourth-order valence-electron chi connectivity index (χ4n) is 0.828. The van der Waals surface area contributed by atoms with Gasteiger partial charge in [-0.15, -0.1) is 0 Å². The minimum atomic E-state index is -0.696. The molecule has 1 unspecified atom stereocenters. The van der Waals surface area contributed by atoms with Gasteiger partial charge in [-0.2, -0.15) is 0 Å². The maximum atomic E-state index is 10.2. The van der Waals surface area contributed by atoms with Crippen molar-refractivity contribution in [2.24, 2.45) is 0 Å². The number of rotatable bonds is 1. The summed E-state index contributed by atoms with van der Waals surface area (Å²) in [4.78, 5) is 12.0. The monoisotopic (exact) mass is 145 g/mol. The van der Waals surface area contributed by atoms with Crippen molar-refractivity contribution in [2.75, 3.05) is 13.6 Å². The van der Waals surface area contributed by atoms with Gasteiger partial charge in [-0.25, -0.2) is 0 Å². The second-order valence-corrected chi connectivity index (χ2v) is 2.12. The van der Waals surface area contributed by atoms with Gasteiger partial charge >= 0.3 is 5.97 Å². The molecule has 0 bridgehead atoms. The van der Waals surface area contributed by atoms with Crippen LogP contribution in [0.25, 0.3) is 0 Å². The van der Waals surface area contributed by atoms with E-state index in [1.165, 1.54) is 0 Å². The molecule has 10 heavy (non-hydrogen) atoms. The van der Waals surface area contributed by atoms with E-state index < -0.39 is 5.97 Å². The number of carboxylic acid groups (broad SMARTS) is 1. The van der Waals surface area contributed by atoms with Crippen LogP contribution in [0.5, 0.6) is 0 Å². The Hall–Kier alpha value is -0.570. The summed E-state index contributed by atoms with van der Waals surface area (Å²) >= 11 is 0. The molecule has 0 aromatic rings. The summed E-state index contributed by atoms with van der Waals surface area (Å²) in [7, 11) is 1.82. The van der Waals surface area contributed by atoms with E-state index in [4.69, 9.17) is 5.11 Å². The van der Waals surface area contributed by atoms with E-state index in [1.54, 1.807) is 0 Å². The van der Waals surface area contributed by atoms with Gasteiger partial charge in [-0.3, -0.25) is 9.69 Å². The summed E-state index contributed by atoms with van der Waals surface area (Å²) in [5, 5.41) is 8.36. The van der Waals surface area contributed by atoms with Gasteiger partial charge in [0.25, 0.3) is 0 Å². The van der Waals surface area contributed by atoms with Crippen LogP contribution in [0.1, 0.15) is 20.3 Å². The lowest BCUT2D eigenvalue weighted by atomic mass is 10.1. The third-order valence-electron chi connectivity index (χ3n) is 1.57. The SMILES string of the molecule is CC.CN1CCC1C(=O)O. The molecule has 1 atom stereocenters. The molecule has 0 spiro atoms. The second kappa shape index (κ2) is 4.28. The molecule has 0 aromatic carbocycles. The van der Waals surface area contributed by atoms with Crippen LogP contribution in [0.3, 0.4) is 0 Å². The maximum Gasteiger partial charge on any atom is 0.320 e. The lowest BCUT2D eigenvalue weighted by Crippen LogP contribution is -2.49. The minimum Gasteiger partial charge on any atom is -0.480 e. The van der Waals surface area contributed by atoms with Crippen LogP contribution < -0.4 is 0 Å². The molecule has 1 fully saturated rings.